The number of nitrogens with zero attached hydrogens (tertiary/aromatic N) is 1. The third-order valence-electron chi connectivity index (χ3n) is 5.85. The topological polar surface area (TPSA) is 63.7 Å². The highest BCUT2D eigenvalue weighted by molar-refractivity contribution is 7.93. The number of hydrogen-bond acceptors (Lipinski definition) is 4. The van der Waals surface area contributed by atoms with Gasteiger partial charge in [0.1, 0.15) is 11.6 Å². The Kier molecular flexibility index (Phi) is 5.09. The van der Waals surface area contributed by atoms with E-state index in [0.717, 1.165) is 17.7 Å². The normalized spacial score (nSPS) is 21.0. The van der Waals surface area contributed by atoms with Gasteiger partial charge in [0, 0.05) is 5.69 Å². The maximum atomic E-state index is 13.6. The van der Waals surface area contributed by atoms with Crippen LogP contribution >= 0.6 is 0 Å². The maximum absolute atomic E-state index is 13.6. The van der Waals surface area contributed by atoms with Crippen molar-refractivity contribution in [2.75, 3.05) is 12.0 Å². The van der Waals surface area contributed by atoms with Gasteiger partial charge in [-0.1, -0.05) is 29.8 Å². The Hall–Kier alpha value is -3.19. The van der Waals surface area contributed by atoms with Crippen molar-refractivity contribution in [3.05, 3.63) is 89.7 Å². The summed E-state index contributed by atoms with van der Waals surface area (Å²) in [5, 5.41) is 0. The molecule has 3 aromatic carbocycles. The van der Waals surface area contributed by atoms with Crippen LogP contribution in [0.15, 0.2) is 77.7 Å². The summed E-state index contributed by atoms with van der Waals surface area (Å²) in [6, 6.07) is 18.2. The minimum absolute atomic E-state index is 0.0868. The van der Waals surface area contributed by atoms with E-state index in [-0.39, 0.29) is 4.90 Å². The number of benzene rings is 3. The van der Waals surface area contributed by atoms with Gasteiger partial charge in [-0.2, -0.15) is 0 Å². The van der Waals surface area contributed by atoms with Crippen LogP contribution in [0.2, 0.25) is 0 Å². The van der Waals surface area contributed by atoms with E-state index >= 15 is 0 Å². The van der Waals surface area contributed by atoms with Crippen molar-refractivity contribution < 1.29 is 22.3 Å². The zero-order chi connectivity index (χ0) is 22.4. The van der Waals surface area contributed by atoms with Gasteiger partial charge in [-0.05, 0) is 67.9 Å². The summed E-state index contributed by atoms with van der Waals surface area (Å²) in [6.07, 6.45) is 0. The number of sulfone groups is 1. The predicted molar refractivity (Wildman–Crippen MR) is 116 cm³/mol. The number of ether oxygens (including phenoxy) is 1. The monoisotopic (exact) mass is 439 g/mol. The SMILES string of the molecule is COc1ccc(N2C(=O)C(C)(S(=O)(=O)c3ccc(F)cc3)C2c2ccc(C)cc2)cc1. The summed E-state index contributed by atoms with van der Waals surface area (Å²) in [7, 11) is -2.56. The lowest BCUT2D eigenvalue weighted by molar-refractivity contribution is -0.127. The molecule has 0 saturated carbocycles. The van der Waals surface area contributed by atoms with Gasteiger partial charge < -0.3 is 9.64 Å². The van der Waals surface area contributed by atoms with Gasteiger partial charge in [-0.25, -0.2) is 12.8 Å². The highest BCUT2D eigenvalue weighted by Gasteiger charge is 2.66. The van der Waals surface area contributed by atoms with E-state index in [1.54, 1.807) is 31.4 Å². The molecule has 2 atom stereocenters. The second-order valence-corrected chi connectivity index (χ2v) is 10.1. The first-order valence-electron chi connectivity index (χ1n) is 9.74. The lowest BCUT2D eigenvalue weighted by Gasteiger charge is -2.53. The van der Waals surface area contributed by atoms with Crippen molar-refractivity contribution in [2.45, 2.75) is 29.5 Å². The molecular formula is C24H22FNO4S. The van der Waals surface area contributed by atoms with Gasteiger partial charge in [0.25, 0.3) is 5.91 Å². The lowest BCUT2D eigenvalue weighted by atomic mass is 9.82. The minimum atomic E-state index is -4.11. The molecule has 1 amide bonds. The number of hydrogen-bond donors (Lipinski definition) is 0. The summed E-state index contributed by atoms with van der Waals surface area (Å²) in [5.41, 5.74) is 2.30. The van der Waals surface area contributed by atoms with Crippen LogP contribution in [-0.4, -0.2) is 26.2 Å². The van der Waals surface area contributed by atoms with Crippen molar-refractivity contribution in [3.8, 4) is 5.75 Å². The number of methoxy groups -OCH3 is 1. The van der Waals surface area contributed by atoms with Gasteiger partial charge in [0.05, 0.1) is 18.0 Å². The molecule has 1 aliphatic heterocycles. The third kappa shape index (κ3) is 3.20. The van der Waals surface area contributed by atoms with Crippen LogP contribution in [0.5, 0.6) is 5.75 Å². The van der Waals surface area contributed by atoms with Crippen LogP contribution in [0.1, 0.15) is 24.1 Å². The highest BCUT2D eigenvalue weighted by atomic mass is 32.2. The summed E-state index contributed by atoms with van der Waals surface area (Å²) >= 11 is 0. The van der Waals surface area contributed by atoms with E-state index < -0.39 is 32.4 Å². The zero-order valence-electron chi connectivity index (χ0n) is 17.4. The molecule has 0 bridgehead atoms. The Balaban J connectivity index is 1.85. The lowest BCUT2D eigenvalue weighted by Crippen LogP contribution is -2.70. The molecule has 0 aliphatic carbocycles. The minimum Gasteiger partial charge on any atom is -0.497 e. The number of anilines is 1. The van der Waals surface area contributed by atoms with E-state index in [0.29, 0.717) is 17.0 Å². The van der Waals surface area contributed by atoms with Crippen molar-refractivity contribution in [3.63, 3.8) is 0 Å². The second kappa shape index (κ2) is 7.50. The first kappa shape index (κ1) is 21.1. The van der Waals surface area contributed by atoms with Crippen LogP contribution in [0.25, 0.3) is 0 Å². The van der Waals surface area contributed by atoms with Crippen molar-refractivity contribution in [1.29, 1.82) is 0 Å². The maximum Gasteiger partial charge on any atom is 0.251 e. The zero-order valence-corrected chi connectivity index (χ0v) is 18.2. The number of carbonyl (C=O) groups is 1. The molecule has 1 saturated heterocycles. The van der Waals surface area contributed by atoms with E-state index in [9.17, 15) is 17.6 Å². The Morgan fingerprint density at radius 2 is 1.52 bits per heavy atom. The Bertz CT molecular complexity index is 1220. The van der Waals surface area contributed by atoms with Gasteiger partial charge in [0.15, 0.2) is 14.6 Å². The molecule has 3 aromatic rings. The van der Waals surface area contributed by atoms with E-state index in [1.165, 1.54) is 24.0 Å². The first-order valence-corrected chi connectivity index (χ1v) is 11.2. The molecule has 1 heterocycles. The van der Waals surface area contributed by atoms with Crippen LogP contribution in [0.3, 0.4) is 0 Å². The van der Waals surface area contributed by atoms with E-state index in [4.69, 9.17) is 4.74 Å². The summed E-state index contributed by atoms with van der Waals surface area (Å²) in [6.45, 7) is 3.38. The van der Waals surface area contributed by atoms with Gasteiger partial charge in [0.2, 0.25) is 0 Å². The third-order valence-corrected chi connectivity index (χ3v) is 8.26. The van der Waals surface area contributed by atoms with E-state index in [1.807, 2.05) is 31.2 Å². The fourth-order valence-corrected chi connectivity index (χ4v) is 5.85. The highest BCUT2D eigenvalue weighted by Crippen LogP contribution is 2.52. The molecule has 0 spiro atoms. The number of carbonyl (C=O) groups excluding carboxylic acids is 1. The fourth-order valence-electron chi connectivity index (χ4n) is 4.00. The molecule has 7 heteroatoms. The van der Waals surface area contributed by atoms with Gasteiger partial charge in [-0.15, -0.1) is 0 Å². The molecule has 4 rings (SSSR count). The Morgan fingerprint density at radius 1 is 0.935 bits per heavy atom. The van der Waals surface area contributed by atoms with E-state index in [2.05, 4.69) is 0 Å². The number of aryl methyl sites for hydroxylation is 1. The number of halogens is 1. The standard InChI is InChI=1S/C24H22FNO4S/c1-16-4-6-17(7-5-16)22-24(2,31(28,29)21-14-8-18(25)9-15-21)23(27)26(22)19-10-12-20(30-3)13-11-19/h4-15,22H,1-3H3. The average molecular weight is 440 g/mol. The van der Waals surface area contributed by atoms with Crippen molar-refractivity contribution in [2.24, 2.45) is 0 Å². The van der Waals surface area contributed by atoms with Crippen molar-refractivity contribution in [1.82, 2.24) is 0 Å². The smallest absolute Gasteiger partial charge is 0.251 e. The fraction of sp³-hybridized carbons (Fsp3) is 0.208. The number of rotatable bonds is 5. The van der Waals surface area contributed by atoms with Gasteiger partial charge >= 0.3 is 0 Å². The molecule has 1 aliphatic rings. The molecule has 31 heavy (non-hydrogen) atoms. The molecular weight excluding hydrogens is 417 g/mol. The second-order valence-electron chi connectivity index (χ2n) is 7.75. The van der Waals surface area contributed by atoms with Crippen molar-refractivity contribution >= 4 is 21.4 Å². The predicted octanol–water partition coefficient (Wildman–Crippen LogP) is 4.46. The largest absolute Gasteiger partial charge is 0.497 e. The van der Waals surface area contributed by atoms with Gasteiger partial charge in [-0.3, -0.25) is 4.79 Å². The molecule has 1 fully saturated rings. The number of β-lactam (4-membered cyclic amide) rings is 1. The Morgan fingerprint density at radius 3 is 2.06 bits per heavy atom. The molecule has 5 nitrogen and oxygen atoms in total. The quantitative estimate of drug-likeness (QED) is 0.435. The average Bonchev–Trinajstić information content (AvgIpc) is 2.77. The molecule has 160 valence electrons. The molecule has 2 unspecified atom stereocenters. The van der Waals surface area contributed by atoms with Crippen LogP contribution in [0, 0.1) is 12.7 Å². The van der Waals surface area contributed by atoms with Crippen LogP contribution < -0.4 is 9.64 Å². The Labute approximate surface area is 181 Å². The molecule has 0 aromatic heterocycles. The summed E-state index contributed by atoms with van der Waals surface area (Å²) in [4.78, 5) is 14.8. The summed E-state index contributed by atoms with van der Waals surface area (Å²) in [5.74, 6) is -0.447. The molecule has 0 N–H and O–H groups in total. The van der Waals surface area contributed by atoms with Crippen LogP contribution in [-0.2, 0) is 14.6 Å². The van der Waals surface area contributed by atoms with Crippen LogP contribution in [0.4, 0.5) is 10.1 Å². The number of amides is 1. The first-order chi connectivity index (χ1) is 14.7. The summed E-state index contributed by atoms with van der Waals surface area (Å²) < 4.78 is 44.0. The molecule has 0 radical (unpaired) electrons.